The molecule has 1 atom stereocenters. The summed E-state index contributed by atoms with van der Waals surface area (Å²) in [5.74, 6) is 0.0293. The monoisotopic (exact) mass is 369 g/mol. The largest absolute Gasteiger partial charge is 0.497 e. The van der Waals surface area contributed by atoms with Crippen LogP contribution in [0.25, 0.3) is 10.2 Å². The average Bonchev–Trinajstić information content (AvgIpc) is 3.09. The van der Waals surface area contributed by atoms with E-state index in [2.05, 4.69) is 4.98 Å². The van der Waals surface area contributed by atoms with E-state index in [1.165, 1.54) is 0 Å². The number of fused-ring (bicyclic) bond motifs is 1. The standard InChI is InChI=1S/C20H19NO4S/c1-13(20(23)14-7-9-15(24-2)10-8-14)25-19(22)12-11-18-21-16-5-3-4-6-17(16)26-18/h3-10,13H,11-12H2,1-2H3. The van der Waals surface area contributed by atoms with Crippen LogP contribution in [0.3, 0.4) is 0 Å². The number of carbonyl (C=O) groups excluding carboxylic acids is 2. The van der Waals surface area contributed by atoms with Gasteiger partial charge in [-0.15, -0.1) is 11.3 Å². The van der Waals surface area contributed by atoms with Crippen LogP contribution in [0.2, 0.25) is 0 Å². The number of hydrogen-bond acceptors (Lipinski definition) is 6. The molecule has 0 saturated carbocycles. The number of benzene rings is 2. The van der Waals surface area contributed by atoms with Gasteiger partial charge in [-0.2, -0.15) is 0 Å². The second-order valence-electron chi connectivity index (χ2n) is 5.80. The highest BCUT2D eigenvalue weighted by Crippen LogP contribution is 2.22. The first-order valence-electron chi connectivity index (χ1n) is 8.29. The Morgan fingerprint density at radius 1 is 1.12 bits per heavy atom. The molecule has 134 valence electrons. The van der Waals surface area contributed by atoms with Crippen molar-refractivity contribution >= 4 is 33.3 Å². The normalized spacial score (nSPS) is 11.9. The van der Waals surface area contributed by atoms with Crippen molar-refractivity contribution < 1.29 is 19.1 Å². The van der Waals surface area contributed by atoms with Gasteiger partial charge in [0.15, 0.2) is 6.10 Å². The number of Topliss-reactive ketones (excluding diaryl/α,β-unsaturated/α-hetero) is 1. The van der Waals surface area contributed by atoms with E-state index in [9.17, 15) is 9.59 Å². The Bertz CT molecular complexity index is 884. The summed E-state index contributed by atoms with van der Waals surface area (Å²) in [6, 6.07) is 14.6. The van der Waals surface area contributed by atoms with Gasteiger partial charge in [0.05, 0.1) is 28.8 Å². The zero-order valence-corrected chi connectivity index (χ0v) is 15.4. The van der Waals surface area contributed by atoms with Crippen molar-refractivity contribution in [1.29, 1.82) is 0 Å². The Morgan fingerprint density at radius 3 is 2.54 bits per heavy atom. The number of rotatable bonds is 7. The van der Waals surface area contributed by atoms with E-state index in [0.717, 1.165) is 15.2 Å². The fraction of sp³-hybridized carbons (Fsp3) is 0.250. The number of carbonyl (C=O) groups is 2. The summed E-state index contributed by atoms with van der Waals surface area (Å²) >= 11 is 1.57. The summed E-state index contributed by atoms with van der Waals surface area (Å²) in [5.41, 5.74) is 1.42. The minimum absolute atomic E-state index is 0.194. The summed E-state index contributed by atoms with van der Waals surface area (Å²) in [4.78, 5) is 28.9. The maximum Gasteiger partial charge on any atom is 0.306 e. The SMILES string of the molecule is COc1ccc(C(=O)C(C)OC(=O)CCc2nc3ccccc3s2)cc1. The Hall–Kier alpha value is -2.73. The number of aryl methyl sites for hydroxylation is 1. The summed E-state index contributed by atoms with van der Waals surface area (Å²) in [6.45, 7) is 1.59. The molecule has 0 amide bonds. The molecule has 0 bridgehead atoms. The third-order valence-electron chi connectivity index (χ3n) is 3.93. The first-order valence-corrected chi connectivity index (χ1v) is 9.10. The van der Waals surface area contributed by atoms with Crippen LogP contribution in [0.5, 0.6) is 5.75 Å². The van der Waals surface area contributed by atoms with E-state index in [1.54, 1.807) is 49.6 Å². The van der Waals surface area contributed by atoms with Crippen LogP contribution >= 0.6 is 11.3 Å². The number of esters is 1. The zero-order chi connectivity index (χ0) is 18.5. The summed E-state index contributed by atoms with van der Waals surface area (Å²) in [5, 5.41) is 0.886. The van der Waals surface area contributed by atoms with Crippen molar-refractivity contribution in [2.24, 2.45) is 0 Å². The molecule has 0 fully saturated rings. The molecule has 1 aromatic heterocycles. The maximum absolute atomic E-state index is 12.3. The van der Waals surface area contributed by atoms with Crippen LogP contribution in [0.15, 0.2) is 48.5 Å². The number of thiazole rings is 1. The molecular weight excluding hydrogens is 350 g/mol. The molecule has 6 heteroatoms. The molecule has 0 saturated heterocycles. The average molecular weight is 369 g/mol. The number of methoxy groups -OCH3 is 1. The quantitative estimate of drug-likeness (QED) is 0.464. The number of hydrogen-bond donors (Lipinski definition) is 0. The smallest absolute Gasteiger partial charge is 0.306 e. The van der Waals surface area contributed by atoms with E-state index >= 15 is 0 Å². The second kappa shape index (κ2) is 8.10. The molecule has 0 radical (unpaired) electrons. The number of aromatic nitrogens is 1. The highest BCUT2D eigenvalue weighted by Gasteiger charge is 2.19. The van der Waals surface area contributed by atoms with E-state index in [1.807, 2.05) is 24.3 Å². The maximum atomic E-state index is 12.3. The van der Waals surface area contributed by atoms with Gasteiger partial charge in [0, 0.05) is 12.0 Å². The van der Waals surface area contributed by atoms with Crippen LogP contribution in [-0.4, -0.2) is 30.0 Å². The van der Waals surface area contributed by atoms with Crippen molar-refractivity contribution in [1.82, 2.24) is 4.98 Å². The molecule has 0 aliphatic rings. The molecule has 5 nitrogen and oxygen atoms in total. The first-order chi connectivity index (χ1) is 12.6. The van der Waals surface area contributed by atoms with E-state index in [-0.39, 0.29) is 12.2 Å². The van der Waals surface area contributed by atoms with E-state index in [4.69, 9.17) is 9.47 Å². The Labute approximate surface area is 155 Å². The molecule has 26 heavy (non-hydrogen) atoms. The number of nitrogens with zero attached hydrogens (tertiary/aromatic N) is 1. The highest BCUT2D eigenvalue weighted by atomic mass is 32.1. The topological polar surface area (TPSA) is 65.5 Å². The lowest BCUT2D eigenvalue weighted by molar-refractivity contribution is -0.146. The minimum Gasteiger partial charge on any atom is -0.497 e. The molecule has 0 aliphatic carbocycles. The molecule has 0 spiro atoms. The zero-order valence-electron chi connectivity index (χ0n) is 14.6. The van der Waals surface area contributed by atoms with Crippen molar-refractivity contribution in [2.75, 3.05) is 7.11 Å². The number of ketones is 1. The third-order valence-corrected chi connectivity index (χ3v) is 5.03. The van der Waals surface area contributed by atoms with Crippen molar-refractivity contribution in [3.8, 4) is 5.75 Å². The fourth-order valence-corrected chi connectivity index (χ4v) is 3.50. The molecule has 1 unspecified atom stereocenters. The van der Waals surface area contributed by atoms with Crippen LogP contribution in [0.1, 0.15) is 28.7 Å². The van der Waals surface area contributed by atoms with Gasteiger partial charge in [-0.3, -0.25) is 9.59 Å². The predicted molar refractivity (Wildman–Crippen MR) is 101 cm³/mol. The van der Waals surface area contributed by atoms with Gasteiger partial charge in [0.25, 0.3) is 0 Å². The summed E-state index contributed by atoms with van der Waals surface area (Å²) < 4.78 is 11.4. The first kappa shape index (κ1) is 18.1. The molecule has 2 aromatic carbocycles. The molecule has 3 rings (SSSR count). The van der Waals surface area contributed by atoms with Crippen LogP contribution in [0.4, 0.5) is 0 Å². The Kier molecular flexibility index (Phi) is 5.63. The number of para-hydroxylation sites is 1. The minimum atomic E-state index is -0.828. The lowest BCUT2D eigenvalue weighted by Crippen LogP contribution is -2.24. The molecule has 0 N–H and O–H groups in total. The molecular formula is C20H19NO4S. The lowest BCUT2D eigenvalue weighted by Gasteiger charge is -2.12. The van der Waals surface area contributed by atoms with Gasteiger partial charge in [-0.1, -0.05) is 12.1 Å². The molecule has 0 aliphatic heterocycles. The lowest BCUT2D eigenvalue weighted by atomic mass is 10.1. The van der Waals surface area contributed by atoms with Crippen LogP contribution in [0, 0.1) is 0 Å². The molecule has 1 heterocycles. The van der Waals surface area contributed by atoms with Gasteiger partial charge in [0.2, 0.25) is 5.78 Å². The summed E-state index contributed by atoms with van der Waals surface area (Å²) in [6.07, 6.45) is -0.131. The van der Waals surface area contributed by atoms with Crippen LogP contribution in [-0.2, 0) is 16.0 Å². The van der Waals surface area contributed by atoms with Gasteiger partial charge in [0.1, 0.15) is 5.75 Å². The van der Waals surface area contributed by atoms with Crippen molar-refractivity contribution in [2.45, 2.75) is 25.9 Å². The highest BCUT2D eigenvalue weighted by molar-refractivity contribution is 7.18. The summed E-state index contributed by atoms with van der Waals surface area (Å²) in [7, 11) is 1.56. The predicted octanol–water partition coefficient (Wildman–Crippen LogP) is 4.05. The van der Waals surface area contributed by atoms with Gasteiger partial charge < -0.3 is 9.47 Å². The van der Waals surface area contributed by atoms with Crippen LogP contribution < -0.4 is 4.74 Å². The third kappa shape index (κ3) is 4.26. The van der Waals surface area contributed by atoms with Gasteiger partial charge >= 0.3 is 5.97 Å². The second-order valence-corrected chi connectivity index (χ2v) is 6.92. The Balaban J connectivity index is 1.53. The van der Waals surface area contributed by atoms with Crippen molar-refractivity contribution in [3.63, 3.8) is 0 Å². The Morgan fingerprint density at radius 2 is 1.85 bits per heavy atom. The molecule has 3 aromatic rings. The van der Waals surface area contributed by atoms with Gasteiger partial charge in [-0.05, 0) is 43.3 Å². The van der Waals surface area contributed by atoms with E-state index < -0.39 is 12.1 Å². The fourth-order valence-electron chi connectivity index (χ4n) is 2.54. The van der Waals surface area contributed by atoms with E-state index in [0.29, 0.717) is 17.7 Å². The number of ether oxygens (including phenoxy) is 2. The van der Waals surface area contributed by atoms with Crippen molar-refractivity contribution in [3.05, 3.63) is 59.1 Å². The van der Waals surface area contributed by atoms with Gasteiger partial charge in [-0.25, -0.2) is 4.98 Å².